The molecule has 0 spiro atoms. The van der Waals surface area contributed by atoms with Crippen molar-refractivity contribution < 1.29 is 9.84 Å². The summed E-state index contributed by atoms with van der Waals surface area (Å²) in [6.45, 7) is 6.11. The van der Waals surface area contributed by atoms with Gasteiger partial charge in [-0.3, -0.25) is 0 Å². The summed E-state index contributed by atoms with van der Waals surface area (Å²) in [6, 6.07) is 5.83. The van der Waals surface area contributed by atoms with E-state index in [2.05, 4.69) is 11.8 Å². The molecule has 2 nitrogen and oxygen atoms in total. The second-order valence-corrected chi connectivity index (χ2v) is 3.74. The van der Waals surface area contributed by atoms with Crippen LogP contribution in [0, 0.1) is 18.8 Å². The largest absolute Gasteiger partial charge is 0.492 e. The van der Waals surface area contributed by atoms with Crippen LogP contribution in [0.1, 0.15) is 37.5 Å². The van der Waals surface area contributed by atoms with Crippen molar-refractivity contribution in [2.75, 3.05) is 6.61 Å². The van der Waals surface area contributed by atoms with Gasteiger partial charge in [-0.1, -0.05) is 11.6 Å². The average Bonchev–Trinajstić information content (AvgIpc) is 2.26. The Hall–Kier alpha value is -1.46. The number of benzene rings is 1. The summed E-state index contributed by atoms with van der Waals surface area (Å²) < 4.78 is 5.59. The molecule has 1 rings (SSSR count). The van der Waals surface area contributed by atoms with Gasteiger partial charge in [-0.15, -0.1) is 11.8 Å². The molecule has 86 valence electrons. The van der Waals surface area contributed by atoms with Crippen molar-refractivity contribution in [2.24, 2.45) is 0 Å². The standard InChI is InChI=1S/C14H18O2/c1-4-5-6-9-16-14-8-7-11(2)10-13(14)12(3)15/h7-8,10,12,15H,6,9H2,1-3H3/t12-/m0/s1. The maximum absolute atomic E-state index is 9.62. The summed E-state index contributed by atoms with van der Waals surface area (Å²) in [6.07, 6.45) is 0.205. The predicted molar refractivity (Wildman–Crippen MR) is 65.4 cm³/mol. The Morgan fingerprint density at radius 3 is 2.81 bits per heavy atom. The van der Waals surface area contributed by atoms with Gasteiger partial charge in [-0.2, -0.15) is 0 Å². The first kappa shape index (κ1) is 12.6. The molecular formula is C14H18O2. The molecule has 0 saturated carbocycles. The summed E-state index contributed by atoms with van der Waals surface area (Å²) in [7, 11) is 0. The molecule has 0 radical (unpaired) electrons. The second-order valence-electron chi connectivity index (χ2n) is 3.74. The Labute approximate surface area is 97.3 Å². The fourth-order valence-electron chi connectivity index (χ4n) is 1.46. The van der Waals surface area contributed by atoms with Crippen LogP contribution < -0.4 is 4.74 Å². The lowest BCUT2D eigenvalue weighted by molar-refractivity contribution is 0.191. The molecular weight excluding hydrogens is 200 g/mol. The first-order chi connectivity index (χ1) is 7.65. The van der Waals surface area contributed by atoms with E-state index in [1.54, 1.807) is 6.92 Å². The highest BCUT2D eigenvalue weighted by molar-refractivity contribution is 5.38. The number of aliphatic hydroxyl groups excluding tert-OH is 1. The topological polar surface area (TPSA) is 29.5 Å². The molecule has 1 aromatic carbocycles. The molecule has 1 atom stereocenters. The number of aliphatic hydroxyl groups is 1. The third-order valence-corrected chi connectivity index (χ3v) is 2.28. The Balaban J connectivity index is 2.73. The van der Waals surface area contributed by atoms with E-state index in [9.17, 15) is 5.11 Å². The number of aryl methyl sites for hydroxylation is 1. The molecule has 0 fully saturated rings. The lowest BCUT2D eigenvalue weighted by atomic mass is 10.1. The molecule has 0 bridgehead atoms. The van der Waals surface area contributed by atoms with Gasteiger partial charge in [0.15, 0.2) is 0 Å². The molecule has 0 aliphatic heterocycles. The van der Waals surface area contributed by atoms with Crippen LogP contribution in [0.4, 0.5) is 0 Å². The van der Waals surface area contributed by atoms with Gasteiger partial charge >= 0.3 is 0 Å². The first-order valence-electron chi connectivity index (χ1n) is 5.46. The zero-order valence-electron chi connectivity index (χ0n) is 10.1. The smallest absolute Gasteiger partial charge is 0.125 e. The lowest BCUT2D eigenvalue weighted by Gasteiger charge is -2.13. The minimum absolute atomic E-state index is 0.507. The van der Waals surface area contributed by atoms with E-state index in [1.165, 1.54) is 0 Å². The van der Waals surface area contributed by atoms with E-state index in [-0.39, 0.29) is 0 Å². The van der Waals surface area contributed by atoms with E-state index in [0.29, 0.717) is 13.0 Å². The molecule has 1 N–H and O–H groups in total. The van der Waals surface area contributed by atoms with Crippen molar-refractivity contribution in [3.63, 3.8) is 0 Å². The van der Waals surface area contributed by atoms with E-state index in [4.69, 9.17) is 4.74 Å². The Morgan fingerprint density at radius 2 is 2.19 bits per heavy atom. The van der Waals surface area contributed by atoms with Crippen LogP contribution in [0.2, 0.25) is 0 Å². The van der Waals surface area contributed by atoms with Crippen LogP contribution in [0.25, 0.3) is 0 Å². The van der Waals surface area contributed by atoms with Crippen molar-refractivity contribution in [1.82, 2.24) is 0 Å². The molecule has 2 heteroatoms. The SMILES string of the molecule is CC#CCCOc1ccc(C)cc1[C@H](C)O. The van der Waals surface area contributed by atoms with Crippen LogP contribution in [0.5, 0.6) is 5.75 Å². The van der Waals surface area contributed by atoms with E-state index >= 15 is 0 Å². The van der Waals surface area contributed by atoms with E-state index in [1.807, 2.05) is 32.0 Å². The van der Waals surface area contributed by atoms with Gasteiger partial charge in [-0.25, -0.2) is 0 Å². The monoisotopic (exact) mass is 218 g/mol. The minimum Gasteiger partial charge on any atom is -0.492 e. The Kier molecular flexibility index (Phi) is 4.88. The van der Waals surface area contributed by atoms with Crippen LogP contribution in [0.3, 0.4) is 0 Å². The van der Waals surface area contributed by atoms with Crippen LogP contribution in [-0.4, -0.2) is 11.7 Å². The normalized spacial score (nSPS) is 11.5. The number of hydrogen-bond donors (Lipinski definition) is 1. The average molecular weight is 218 g/mol. The predicted octanol–water partition coefficient (Wildman–Crippen LogP) is 2.84. The summed E-state index contributed by atoms with van der Waals surface area (Å²) in [4.78, 5) is 0. The van der Waals surface area contributed by atoms with E-state index < -0.39 is 6.10 Å². The molecule has 16 heavy (non-hydrogen) atoms. The molecule has 0 amide bonds. The zero-order chi connectivity index (χ0) is 12.0. The van der Waals surface area contributed by atoms with Crippen LogP contribution >= 0.6 is 0 Å². The summed E-state index contributed by atoms with van der Waals surface area (Å²) in [5.74, 6) is 6.51. The second kappa shape index (κ2) is 6.19. The van der Waals surface area contributed by atoms with Gasteiger partial charge < -0.3 is 9.84 Å². The summed E-state index contributed by atoms with van der Waals surface area (Å²) >= 11 is 0. The Morgan fingerprint density at radius 1 is 1.44 bits per heavy atom. The van der Waals surface area contributed by atoms with Gasteiger partial charge in [-0.05, 0) is 32.9 Å². The molecule has 0 saturated heterocycles. The summed E-state index contributed by atoms with van der Waals surface area (Å²) in [5, 5.41) is 9.62. The lowest BCUT2D eigenvalue weighted by Crippen LogP contribution is -2.02. The number of hydrogen-bond acceptors (Lipinski definition) is 2. The Bertz CT molecular complexity index is 397. The highest BCUT2D eigenvalue weighted by Crippen LogP contribution is 2.26. The summed E-state index contributed by atoms with van der Waals surface area (Å²) in [5.41, 5.74) is 1.96. The molecule has 1 aromatic rings. The van der Waals surface area contributed by atoms with E-state index in [0.717, 1.165) is 16.9 Å². The number of rotatable bonds is 4. The quantitative estimate of drug-likeness (QED) is 0.622. The van der Waals surface area contributed by atoms with Crippen molar-refractivity contribution in [3.8, 4) is 17.6 Å². The van der Waals surface area contributed by atoms with Gasteiger partial charge in [0.2, 0.25) is 0 Å². The van der Waals surface area contributed by atoms with Gasteiger partial charge in [0.05, 0.1) is 12.7 Å². The molecule has 0 aliphatic carbocycles. The molecule has 0 aliphatic rings. The minimum atomic E-state index is -0.507. The van der Waals surface area contributed by atoms with Gasteiger partial charge in [0, 0.05) is 12.0 Å². The zero-order valence-corrected chi connectivity index (χ0v) is 10.1. The van der Waals surface area contributed by atoms with Crippen LogP contribution in [0.15, 0.2) is 18.2 Å². The highest BCUT2D eigenvalue weighted by atomic mass is 16.5. The molecule has 0 unspecified atom stereocenters. The third kappa shape index (κ3) is 3.60. The fourth-order valence-corrected chi connectivity index (χ4v) is 1.46. The first-order valence-corrected chi connectivity index (χ1v) is 5.46. The van der Waals surface area contributed by atoms with Crippen molar-refractivity contribution in [2.45, 2.75) is 33.3 Å². The van der Waals surface area contributed by atoms with Gasteiger partial charge in [0.1, 0.15) is 5.75 Å². The number of ether oxygens (including phenoxy) is 1. The maximum Gasteiger partial charge on any atom is 0.125 e. The van der Waals surface area contributed by atoms with Crippen molar-refractivity contribution >= 4 is 0 Å². The van der Waals surface area contributed by atoms with Gasteiger partial charge in [0.25, 0.3) is 0 Å². The molecule has 0 aromatic heterocycles. The maximum atomic E-state index is 9.62. The molecule has 0 heterocycles. The highest BCUT2D eigenvalue weighted by Gasteiger charge is 2.08. The van der Waals surface area contributed by atoms with Crippen molar-refractivity contribution in [3.05, 3.63) is 29.3 Å². The van der Waals surface area contributed by atoms with Crippen LogP contribution in [-0.2, 0) is 0 Å². The third-order valence-electron chi connectivity index (χ3n) is 2.28. The van der Waals surface area contributed by atoms with Crippen molar-refractivity contribution in [1.29, 1.82) is 0 Å². The fraction of sp³-hybridized carbons (Fsp3) is 0.429.